The van der Waals surface area contributed by atoms with Gasteiger partial charge in [-0.2, -0.15) is 0 Å². The Kier molecular flexibility index (Phi) is 6.80. The monoisotopic (exact) mass is 539 g/mol. The molecule has 0 aliphatic heterocycles. The van der Waals surface area contributed by atoms with E-state index in [1.165, 1.54) is 31.1 Å². The Morgan fingerprint density at radius 2 is 1.77 bits per heavy atom. The van der Waals surface area contributed by atoms with E-state index in [-0.39, 0.29) is 42.3 Å². The number of likely N-dealkylation sites (N-methyl/N-ethyl adjacent to an activating group) is 1. The highest BCUT2D eigenvalue weighted by atomic mass is 16.3. The zero-order valence-electron chi connectivity index (χ0n) is 21.9. The van der Waals surface area contributed by atoms with Gasteiger partial charge in [0.25, 0.3) is 0 Å². The molecule has 0 bridgehead atoms. The molecule has 1 aromatic carbocycles. The van der Waals surface area contributed by atoms with E-state index in [2.05, 4.69) is 5.32 Å². The third-order valence-electron chi connectivity index (χ3n) is 9.15. The third-order valence-corrected chi connectivity index (χ3v) is 9.15. The van der Waals surface area contributed by atoms with E-state index in [4.69, 9.17) is 5.73 Å². The number of benzene rings is 1. The minimum absolute atomic E-state index is 0.0603. The maximum absolute atomic E-state index is 13.8. The van der Waals surface area contributed by atoms with Crippen LogP contribution >= 0.6 is 0 Å². The van der Waals surface area contributed by atoms with Gasteiger partial charge in [-0.15, -0.1) is 0 Å². The topological polar surface area (TPSA) is 184 Å². The van der Waals surface area contributed by atoms with Crippen molar-refractivity contribution in [2.75, 3.05) is 20.6 Å². The zero-order chi connectivity index (χ0) is 28.4. The minimum Gasteiger partial charge on any atom is -0.507 e. The van der Waals surface area contributed by atoms with Crippen molar-refractivity contribution in [3.8, 4) is 5.75 Å². The first-order valence-corrected chi connectivity index (χ1v) is 13.4. The Balaban J connectivity index is 1.54. The molecule has 2 unspecified atom stereocenters. The Hall–Kier alpha value is -3.28. The number of nitrogens with zero attached hydrogens (tertiary/aromatic N) is 1. The largest absolute Gasteiger partial charge is 0.507 e. The number of primary amides is 1. The molecule has 11 heteroatoms. The first-order chi connectivity index (χ1) is 18.4. The average molecular weight is 540 g/mol. The van der Waals surface area contributed by atoms with Gasteiger partial charge in [-0.1, -0.05) is 12.8 Å². The number of hydrogen-bond donors (Lipinski definition) is 4. The molecule has 11 nitrogen and oxygen atoms in total. The maximum atomic E-state index is 13.8. The zero-order valence-corrected chi connectivity index (χ0v) is 21.9. The molecule has 1 aromatic rings. The number of amides is 1. The minimum atomic E-state index is -2.77. The lowest BCUT2D eigenvalue weighted by Gasteiger charge is -2.52. The summed E-state index contributed by atoms with van der Waals surface area (Å²) >= 11 is 0. The van der Waals surface area contributed by atoms with Crippen LogP contribution in [0.25, 0.3) is 0 Å². The van der Waals surface area contributed by atoms with Gasteiger partial charge in [0.05, 0.1) is 24.1 Å². The summed E-state index contributed by atoms with van der Waals surface area (Å²) in [6.45, 7) is 0.0612. The van der Waals surface area contributed by atoms with Crippen LogP contribution in [0.4, 0.5) is 0 Å². The number of nitrogens with one attached hydrogen (secondary N) is 1. The second-order valence-corrected chi connectivity index (χ2v) is 11.6. The van der Waals surface area contributed by atoms with Crippen LogP contribution in [-0.2, 0) is 25.6 Å². The molecule has 39 heavy (non-hydrogen) atoms. The number of Topliss-reactive ketones (excluding diaryl/α,β-unsaturated/α-hetero) is 5. The lowest BCUT2D eigenvalue weighted by Crippen LogP contribution is -2.74. The number of carbonyl (C=O) groups excluding carboxylic acids is 6. The van der Waals surface area contributed by atoms with Crippen molar-refractivity contribution in [3.05, 3.63) is 28.8 Å². The van der Waals surface area contributed by atoms with Crippen LogP contribution in [0.3, 0.4) is 0 Å². The van der Waals surface area contributed by atoms with Gasteiger partial charge >= 0.3 is 0 Å². The van der Waals surface area contributed by atoms with E-state index in [1.54, 1.807) is 0 Å². The van der Waals surface area contributed by atoms with Crippen LogP contribution in [0.15, 0.2) is 12.1 Å². The molecule has 0 radical (unpaired) electrons. The summed E-state index contributed by atoms with van der Waals surface area (Å²) in [5.41, 5.74) is 2.97. The van der Waals surface area contributed by atoms with E-state index >= 15 is 0 Å². The lowest BCUT2D eigenvalue weighted by molar-refractivity contribution is -0.181. The molecule has 1 amide bonds. The molecule has 208 valence electrons. The number of nitrogens with two attached hydrogens (primary N) is 1. The molecule has 0 saturated heterocycles. The molecule has 5 rings (SSSR count). The summed E-state index contributed by atoms with van der Waals surface area (Å²) in [6, 6.07) is 1.78. The van der Waals surface area contributed by atoms with E-state index in [9.17, 15) is 39.0 Å². The second kappa shape index (κ2) is 9.72. The highest BCUT2D eigenvalue weighted by molar-refractivity contribution is 6.32. The lowest BCUT2D eigenvalue weighted by atomic mass is 9.52. The predicted molar refractivity (Wildman–Crippen MR) is 136 cm³/mol. The van der Waals surface area contributed by atoms with Gasteiger partial charge < -0.3 is 21.3 Å². The van der Waals surface area contributed by atoms with Gasteiger partial charge in [0.2, 0.25) is 5.91 Å². The predicted octanol–water partition coefficient (Wildman–Crippen LogP) is -0.418. The maximum Gasteiger partial charge on any atom is 0.235 e. The summed E-state index contributed by atoms with van der Waals surface area (Å²) in [5, 5.41) is 25.5. The molecular formula is C28H33N3O8. The molecule has 3 saturated carbocycles. The normalized spacial score (nSPS) is 32.7. The first kappa shape index (κ1) is 27.3. The van der Waals surface area contributed by atoms with Crippen molar-refractivity contribution in [1.29, 1.82) is 0 Å². The Morgan fingerprint density at radius 3 is 2.38 bits per heavy atom. The van der Waals surface area contributed by atoms with E-state index in [1.807, 2.05) is 0 Å². The van der Waals surface area contributed by atoms with Crippen LogP contribution in [0.2, 0.25) is 0 Å². The number of phenolic OH excluding ortho intramolecular Hbond substituents is 1. The van der Waals surface area contributed by atoms with Gasteiger partial charge in [-0.25, -0.2) is 0 Å². The SMILES string of the molecule is CN(C)[C@@H]1C(=O)C(C(N)=O)C(=O)[C@@]2(O)C(=O)C3C(=O)c4c(O)ccc(C(=O)CNC5CCCC5)c4C[C@H]3C[C@@H]12. The molecule has 0 aromatic heterocycles. The summed E-state index contributed by atoms with van der Waals surface area (Å²) in [7, 11) is 3.06. The number of ketones is 5. The van der Waals surface area contributed by atoms with Crippen molar-refractivity contribution < 1.29 is 39.0 Å². The van der Waals surface area contributed by atoms with Crippen molar-refractivity contribution in [3.63, 3.8) is 0 Å². The summed E-state index contributed by atoms with van der Waals surface area (Å²) in [5.74, 6) is -11.4. The average Bonchev–Trinajstić information content (AvgIpc) is 3.38. The molecule has 4 aliphatic rings. The van der Waals surface area contributed by atoms with Crippen molar-refractivity contribution >= 4 is 34.8 Å². The Bertz CT molecular complexity index is 1300. The number of aliphatic hydroxyl groups is 1. The van der Waals surface area contributed by atoms with E-state index in [0.29, 0.717) is 5.56 Å². The molecule has 0 heterocycles. The number of rotatable bonds is 6. The van der Waals surface area contributed by atoms with Crippen molar-refractivity contribution in [1.82, 2.24) is 10.2 Å². The molecule has 0 spiro atoms. The van der Waals surface area contributed by atoms with Gasteiger partial charge in [0.15, 0.2) is 40.4 Å². The summed E-state index contributed by atoms with van der Waals surface area (Å²) < 4.78 is 0. The fourth-order valence-corrected chi connectivity index (χ4v) is 7.33. The second-order valence-electron chi connectivity index (χ2n) is 11.6. The number of carbonyl (C=O) groups is 6. The Morgan fingerprint density at radius 1 is 1.10 bits per heavy atom. The van der Waals surface area contributed by atoms with Crippen LogP contribution in [-0.4, -0.2) is 88.3 Å². The Labute approximate surface area is 225 Å². The highest BCUT2D eigenvalue weighted by Crippen LogP contribution is 2.51. The highest BCUT2D eigenvalue weighted by Gasteiger charge is 2.69. The van der Waals surface area contributed by atoms with Gasteiger partial charge in [-0.3, -0.25) is 33.7 Å². The number of hydrogen-bond acceptors (Lipinski definition) is 10. The summed E-state index contributed by atoms with van der Waals surface area (Å²) in [4.78, 5) is 80.8. The smallest absolute Gasteiger partial charge is 0.235 e. The fraction of sp³-hybridized carbons (Fsp3) is 0.571. The van der Waals surface area contributed by atoms with Crippen LogP contribution in [0, 0.1) is 23.7 Å². The van der Waals surface area contributed by atoms with Crippen molar-refractivity contribution in [2.24, 2.45) is 29.4 Å². The standard InChI is InChI=1S/C28H33N3O8/c1-31(2)22-16-10-12-9-15-14(18(33)11-30-13-5-3-4-6-13)7-8-17(32)20(15)23(34)19(12)25(36)28(16,39)26(37)21(24(22)35)27(29)38/h7-8,12-13,16,19,21-22,30,32,39H,3-6,9-11H2,1-2H3,(H2,29,38)/t12-,16-,19?,21?,22-,28-/m0/s1. The quantitative estimate of drug-likeness (QED) is 0.273. The third kappa shape index (κ3) is 4.06. The van der Waals surface area contributed by atoms with E-state index < -0.39 is 70.1 Å². The van der Waals surface area contributed by atoms with Crippen molar-refractivity contribution in [2.45, 2.75) is 56.2 Å². The summed E-state index contributed by atoms with van der Waals surface area (Å²) in [6.07, 6.45) is 4.16. The van der Waals surface area contributed by atoms with Crippen LogP contribution < -0.4 is 11.1 Å². The van der Waals surface area contributed by atoms with Crippen LogP contribution in [0.1, 0.15) is 58.4 Å². The molecule has 4 aliphatic carbocycles. The van der Waals surface area contributed by atoms with Gasteiger partial charge in [0.1, 0.15) is 5.75 Å². The molecule has 6 atom stereocenters. The number of fused-ring (bicyclic) bond motifs is 3. The molecule has 5 N–H and O–H groups in total. The number of phenols is 1. The van der Waals surface area contributed by atoms with Gasteiger partial charge in [0, 0.05) is 17.5 Å². The molecular weight excluding hydrogens is 506 g/mol. The van der Waals surface area contributed by atoms with Crippen LogP contribution in [0.5, 0.6) is 5.75 Å². The fourth-order valence-electron chi connectivity index (χ4n) is 7.33. The molecule has 3 fully saturated rings. The van der Waals surface area contributed by atoms with E-state index in [0.717, 1.165) is 25.7 Å². The van der Waals surface area contributed by atoms with Gasteiger partial charge in [-0.05, 0) is 63.4 Å². The first-order valence-electron chi connectivity index (χ1n) is 13.4. The number of aromatic hydroxyl groups is 1.